The van der Waals surface area contributed by atoms with Crippen LogP contribution in [-0.2, 0) is 0 Å². The van der Waals surface area contributed by atoms with Crippen LogP contribution in [0, 0.1) is 5.92 Å². The largest absolute Gasteiger partial charge is 0.269 e. The molecule has 1 aromatic rings. The lowest BCUT2D eigenvalue weighted by molar-refractivity contribution is 0.0681. The Balaban J connectivity index is 0.00000163. The van der Waals surface area contributed by atoms with Crippen molar-refractivity contribution in [2.24, 2.45) is 5.92 Å². The van der Waals surface area contributed by atoms with Crippen LogP contribution in [0.25, 0.3) is 5.57 Å². The molecule has 0 radical (unpaired) electrons. The molecule has 1 rings (SSSR count). The summed E-state index contributed by atoms with van der Waals surface area (Å²) in [5, 5.41) is 0. The summed E-state index contributed by atoms with van der Waals surface area (Å²) in [6.07, 6.45) is 4.61. The molecule has 0 aliphatic heterocycles. The van der Waals surface area contributed by atoms with Crippen molar-refractivity contribution in [2.45, 2.75) is 59.8 Å². The van der Waals surface area contributed by atoms with Gasteiger partial charge in [0.15, 0.2) is 0 Å². The second kappa shape index (κ2) is 11.0. The molecule has 0 spiro atoms. The van der Waals surface area contributed by atoms with Gasteiger partial charge in [0.2, 0.25) is 0 Å². The Morgan fingerprint density at radius 2 is 1.50 bits per heavy atom. The molecule has 0 unspecified atom stereocenters. The zero-order chi connectivity index (χ0) is 18.8. The average Bonchev–Trinajstić information content (AvgIpc) is 2.54. The summed E-state index contributed by atoms with van der Waals surface area (Å²) >= 11 is 0. The normalized spacial score (nSPS) is 11.8. The number of alkyl halides is 2. The second-order valence-corrected chi connectivity index (χ2v) is 6.08. The van der Waals surface area contributed by atoms with Crippen LogP contribution >= 0.6 is 0 Å². The van der Waals surface area contributed by atoms with Gasteiger partial charge in [0.25, 0.3) is 5.92 Å². The van der Waals surface area contributed by atoms with E-state index < -0.39 is 5.92 Å². The molecule has 24 heavy (non-hydrogen) atoms. The molecule has 0 nitrogen and oxygen atoms in total. The Hall–Kier alpha value is -1.70. The summed E-state index contributed by atoms with van der Waals surface area (Å²) in [5.74, 6) is -2.64. The highest BCUT2D eigenvalue weighted by Crippen LogP contribution is 2.34. The van der Waals surface area contributed by atoms with Crippen LogP contribution in [0.5, 0.6) is 0 Å². The molecule has 0 N–H and O–H groups in total. The Bertz CT molecular complexity index is 529. The fourth-order valence-corrected chi connectivity index (χ4v) is 2.28. The average molecular weight is 334 g/mol. The van der Waals surface area contributed by atoms with Gasteiger partial charge in [-0.25, -0.2) is 8.78 Å². The van der Waals surface area contributed by atoms with Crippen molar-refractivity contribution >= 4 is 5.57 Å². The third kappa shape index (κ3) is 7.25. The SMILES string of the molecule is C=C(/C(=C\C(=C)C(C)(F)F)c1ccccc1)C(CC)CC.CCC. The molecule has 0 saturated heterocycles. The highest BCUT2D eigenvalue weighted by atomic mass is 19.3. The van der Waals surface area contributed by atoms with E-state index >= 15 is 0 Å². The van der Waals surface area contributed by atoms with E-state index in [4.69, 9.17) is 0 Å². The molecule has 0 aromatic heterocycles. The minimum Gasteiger partial charge on any atom is -0.202 e. The van der Waals surface area contributed by atoms with Crippen molar-refractivity contribution in [3.8, 4) is 0 Å². The first-order chi connectivity index (χ1) is 11.2. The van der Waals surface area contributed by atoms with Crippen molar-refractivity contribution < 1.29 is 8.78 Å². The minimum atomic E-state index is -2.92. The third-order valence-corrected chi connectivity index (χ3v) is 3.79. The molecule has 0 saturated carbocycles. The van der Waals surface area contributed by atoms with Gasteiger partial charge in [-0.1, -0.05) is 77.6 Å². The maximum atomic E-state index is 13.4. The Morgan fingerprint density at radius 3 is 1.88 bits per heavy atom. The van der Waals surface area contributed by atoms with Crippen LogP contribution in [0.4, 0.5) is 8.78 Å². The van der Waals surface area contributed by atoms with Gasteiger partial charge in [-0.05, 0) is 41.5 Å². The summed E-state index contributed by atoms with van der Waals surface area (Å²) in [4.78, 5) is 0. The molecular formula is C22H32F2. The summed E-state index contributed by atoms with van der Waals surface area (Å²) in [6, 6.07) is 9.54. The van der Waals surface area contributed by atoms with Crippen molar-refractivity contribution in [2.75, 3.05) is 0 Å². The van der Waals surface area contributed by atoms with E-state index in [1.807, 2.05) is 30.3 Å². The van der Waals surface area contributed by atoms with Gasteiger partial charge in [-0.15, -0.1) is 0 Å². The molecular weight excluding hydrogens is 302 g/mol. The number of hydrogen-bond donors (Lipinski definition) is 0. The Kier molecular flexibility index (Phi) is 10.2. The molecule has 2 heteroatoms. The minimum absolute atomic E-state index is 0.187. The van der Waals surface area contributed by atoms with E-state index in [-0.39, 0.29) is 11.5 Å². The van der Waals surface area contributed by atoms with Gasteiger partial charge in [-0.2, -0.15) is 0 Å². The molecule has 0 atom stereocenters. The van der Waals surface area contributed by atoms with Crippen LogP contribution in [0.15, 0.2) is 60.7 Å². The van der Waals surface area contributed by atoms with E-state index in [1.165, 1.54) is 12.5 Å². The second-order valence-electron chi connectivity index (χ2n) is 6.08. The van der Waals surface area contributed by atoms with Crippen molar-refractivity contribution in [3.05, 3.63) is 66.3 Å². The quantitative estimate of drug-likeness (QED) is 0.448. The first-order valence-corrected chi connectivity index (χ1v) is 8.76. The number of benzene rings is 1. The first kappa shape index (κ1) is 22.3. The standard InChI is InChI=1S/C19H24F2.C3H8/c1-6-16(7-2)15(4)18(13-14(3)19(5,20)21)17-11-9-8-10-12-17;1-3-2/h8-13,16H,3-4,6-7H2,1-2,5H3;3H2,1-2H3/b18-13+;. The van der Waals surface area contributed by atoms with Gasteiger partial charge in [0, 0.05) is 12.5 Å². The van der Waals surface area contributed by atoms with Gasteiger partial charge in [0.1, 0.15) is 0 Å². The van der Waals surface area contributed by atoms with Crippen LogP contribution in [0.3, 0.4) is 0 Å². The summed E-state index contributed by atoms with van der Waals surface area (Å²) in [7, 11) is 0. The highest BCUT2D eigenvalue weighted by molar-refractivity contribution is 5.80. The van der Waals surface area contributed by atoms with Crippen molar-refractivity contribution in [1.82, 2.24) is 0 Å². The number of halogens is 2. The van der Waals surface area contributed by atoms with E-state index in [9.17, 15) is 8.78 Å². The molecule has 0 bridgehead atoms. The van der Waals surface area contributed by atoms with Crippen LogP contribution in [0.1, 0.15) is 59.4 Å². The summed E-state index contributed by atoms with van der Waals surface area (Å²) < 4.78 is 26.9. The number of allylic oxidation sites excluding steroid dienone is 4. The first-order valence-electron chi connectivity index (χ1n) is 8.76. The Morgan fingerprint density at radius 1 is 1.04 bits per heavy atom. The van der Waals surface area contributed by atoms with E-state index in [2.05, 4.69) is 40.9 Å². The Labute approximate surface area is 147 Å². The molecule has 1 aromatic carbocycles. The lowest BCUT2D eigenvalue weighted by Gasteiger charge is -2.21. The van der Waals surface area contributed by atoms with E-state index in [0.717, 1.165) is 36.5 Å². The smallest absolute Gasteiger partial charge is 0.202 e. The maximum Gasteiger partial charge on any atom is 0.269 e. The van der Waals surface area contributed by atoms with Crippen LogP contribution in [-0.4, -0.2) is 5.92 Å². The lowest BCUT2D eigenvalue weighted by atomic mass is 9.85. The molecule has 0 aliphatic carbocycles. The topological polar surface area (TPSA) is 0 Å². The number of hydrogen-bond acceptors (Lipinski definition) is 0. The zero-order valence-electron chi connectivity index (χ0n) is 15.8. The van der Waals surface area contributed by atoms with Gasteiger partial charge in [0.05, 0.1) is 0 Å². The molecule has 0 aliphatic rings. The lowest BCUT2D eigenvalue weighted by Crippen LogP contribution is -2.12. The van der Waals surface area contributed by atoms with E-state index in [1.54, 1.807) is 0 Å². The van der Waals surface area contributed by atoms with Gasteiger partial charge < -0.3 is 0 Å². The maximum absolute atomic E-state index is 13.4. The van der Waals surface area contributed by atoms with Crippen LogP contribution in [0.2, 0.25) is 0 Å². The summed E-state index contributed by atoms with van der Waals surface area (Å²) in [6.45, 7) is 17.0. The van der Waals surface area contributed by atoms with Gasteiger partial charge in [-0.3, -0.25) is 0 Å². The molecule has 0 heterocycles. The fourth-order valence-electron chi connectivity index (χ4n) is 2.28. The predicted octanol–water partition coefficient (Wildman–Crippen LogP) is 7.69. The molecule has 134 valence electrons. The number of rotatable bonds is 7. The van der Waals surface area contributed by atoms with E-state index in [0.29, 0.717) is 0 Å². The molecule has 0 amide bonds. The fraction of sp³-hybridized carbons (Fsp3) is 0.455. The van der Waals surface area contributed by atoms with Gasteiger partial charge >= 0.3 is 0 Å². The highest BCUT2D eigenvalue weighted by Gasteiger charge is 2.25. The van der Waals surface area contributed by atoms with Crippen molar-refractivity contribution in [1.29, 1.82) is 0 Å². The van der Waals surface area contributed by atoms with Crippen molar-refractivity contribution in [3.63, 3.8) is 0 Å². The molecule has 0 fully saturated rings. The predicted molar refractivity (Wildman–Crippen MR) is 103 cm³/mol. The monoisotopic (exact) mass is 334 g/mol. The zero-order valence-corrected chi connectivity index (χ0v) is 15.8. The van der Waals surface area contributed by atoms with Crippen LogP contribution < -0.4 is 0 Å². The third-order valence-electron chi connectivity index (χ3n) is 3.79. The summed E-state index contributed by atoms with van der Waals surface area (Å²) in [5.41, 5.74) is 2.38.